The zero-order chi connectivity index (χ0) is 19.9. The number of nitrogens with one attached hydrogen (secondary N) is 2. The lowest BCUT2D eigenvalue weighted by Gasteiger charge is -2.34. The molecule has 0 bridgehead atoms. The molecule has 2 heterocycles. The summed E-state index contributed by atoms with van der Waals surface area (Å²) in [4.78, 5) is 19.0. The van der Waals surface area contributed by atoms with Crippen molar-refractivity contribution in [3.8, 4) is 0 Å². The van der Waals surface area contributed by atoms with E-state index in [9.17, 15) is 4.79 Å². The summed E-state index contributed by atoms with van der Waals surface area (Å²) in [6.07, 6.45) is 4.49. The average molecular weight is 399 g/mol. The maximum absolute atomic E-state index is 12.3. The molecule has 0 spiro atoms. The number of amides is 1. The Bertz CT molecular complexity index is 513. The van der Waals surface area contributed by atoms with Gasteiger partial charge in [-0.1, -0.05) is 0 Å². The van der Waals surface area contributed by atoms with Crippen LogP contribution >= 0.6 is 11.8 Å². The molecule has 0 aliphatic carbocycles. The molecule has 2 unspecified atom stereocenters. The van der Waals surface area contributed by atoms with Crippen molar-refractivity contribution in [1.29, 1.82) is 0 Å². The first-order valence-electron chi connectivity index (χ1n) is 10.3. The van der Waals surface area contributed by atoms with Crippen LogP contribution in [0.2, 0.25) is 0 Å². The van der Waals surface area contributed by atoms with E-state index in [0.29, 0.717) is 5.92 Å². The summed E-state index contributed by atoms with van der Waals surface area (Å²) < 4.78 is 5.80. The molecule has 1 amide bonds. The van der Waals surface area contributed by atoms with Crippen LogP contribution < -0.4 is 10.6 Å². The number of aliphatic imine (C=N–C) groups is 1. The van der Waals surface area contributed by atoms with Gasteiger partial charge >= 0.3 is 6.09 Å². The number of hydrogen-bond acceptors (Lipinski definition) is 4. The molecule has 0 radical (unpaired) electrons. The monoisotopic (exact) mass is 398 g/mol. The van der Waals surface area contributed by atoms with E-state index in [1.165, 1.54) is 18.6 Å². The van der Waals surface area contributed by atoms with Gasteiger partial charge in [-0.2, -0.15) is 11.8 Å². The molecule has 0 aromatic carbocycles. The van der Waals surface area contributed by atoms with E-state index in [4.69, 9.17) is 9.73 Å². The Morgan fingerprint density at radius 2 is 2.11 bits per heavy atom. The van der Waals surface area contributed by atoms with E-state index in [-0.39, 0.29) is 10.8 Å². The van der Waals surface area contributed by atoms with Gasteiger partial charge in [-0.15, -0.1) is 0 Å². The summed E-state index contributed by atoms with van der Waals surface area (Å²) in [6, 6.07) is 0. The number of ether oxygens (including phenoxy) is 1. The Morgan fingerprint density at radius 3 is 2.74 bits per heavy atom. The SMILES string of the molecule is CCNC(=NCC1(C)CCCS1)NCC1CCCN(C(=O)OC(C)(C)C)C1. The number of guanidine groups is 1. The maximum atomic E-state index is 12.3. The van der Waals surface area contributed by atoms with Crippen molar-refractivity contribution in [3.63, 3.8) is 0 Å². The first kappa shape index (κ1) is 22.2. The number of carbonyl (C=O) groups excluding carboxylic acids is 1. The molecule has 2 rings (SSSR count). The van der Waals surface area contributed by atoms with Crippen molar-refractivity contribution in [2.45, 2.75) is 70.7 Å². The van der Waals surface area contributed by atoms with E-state index in [1.54, 1.807) is 0 Å². The van der Waals surface area contributed by atoms with E-state index < -0.39 is 5.60 Å². The number of likely N-dealkylation sites (tertiary alicyclic amines) is 1. The van der Waals surface area contributed by atoms with Crippen molar-refractivity contribution in [2.75, 3.05) is 38.5 Å². The van der Waals surface area contributed by atoms with Crippen LogP contribution in [0.1, 0.15) is 60.3 Å². The van der Waals surface area contributed by atoms with Gasteiger partial charge in [0.2, 0.25) is 0 Å². The predicted octanol–water partition coefficient (Wildman–Crippen LogP) is 3.47. The Hall–Kier alpha value is -1.11. The predicted molar refractivity (Wildman–Crippen MR) is 115 cm³/mol. The molecule has 0 saturated carbocycles. The van der Waals surface area contributed by atoms with Gasteiger partial charge in [0.25, 0.3) is 0 Å². The minimum absolute atomic E-state index is 0.195. The van der Waals surface area contributed by atoms with Crippen LogP contribution in [0.15, 0.2) is 4.99 Å². The van der Waals surface area contributed by atoms with Gasteiger partial charge in [-0.3, -0.25) is 4.99 Å². The van der Waals surface area contributed by atoms with Crippen LogP contribution in [0.5, 0.6) is 0 Å². The molecule has 0 aromatic rings. The molecular weight excluding hydrogens is 360 g/mol. The molecule has 0 aromatic heterocycles. The number of piperidine rings is 1. The summed E-state index contributed by atoms with van der Waals surface area (Å²) in [5.74, 6) is 2.56. The van der Waals surface area contributed by atoms with Gasteiger partial charge < -0.3 is 20.3 Å². The second-order valence-electron chi connectivity index (χ2n) is 8.91. The molecule has 156 valence electrons. The number of hydrogen-bond donors (Lipinski definition) is 2. The molecule has 27 heavy (non-hydrogen) atoms. The molecule has 2 saturated heterocycles. The maximum Gasteiger partial charge on any atom is 0.410 e. The zero-order valence-corrected chi connectivity index (χ0v) is 18.6. The van der Waals surface area contributed by atoms with Crippen LogP contribution in [-0.2, 0) is 4.74 Å². The first-order chi connectivity index (χ1) is 12.7. The molecule has 2 aliphatic rings. The van der Waals surface area contributed by atoms with Crippen LogP contribution in [0.4, 0.5) is 4.79 Å². The molecule has 2 N–H and O–H groups in total. The third-order valence-corrected chi connectivity index (χ3v) is 6.47. The minimum atomic E-state index is -0.443. The lowest BCUT2D eigenvalue weighted by Crippen LogP contribution is -2.47. The molecular formula is C20H38N4O2S. The van der Waals surface area contributed by atoms with E-state index in [1.807, 2.05) is 37.4 Å². The second-order valence-corrected chi connectivity index (χ2v) is 10.6. The van der Waals surface area contributed by atoms with E-state index in [2.05, 4.69) is 24.5 Å². The van der Waals surface area contributed by atoms with Gasteiger partial charge in [-0.05, 0) is 72.0 Å². The topological polar surface area (TPSA) is 66.0 Å². The molecule has 2 aliphatic heterocycles. The van der Waals surface area contributed by atoms with Crippen LogP contribution in [0.3, 0.4) is 0 Å². The highest BCUT2D eigenvalue weighted by Crippen LogP contribution is 2.37. The van der Waals surface area contributed by atoms with Gasteiger partial charge in [0.15, 0.2) is 5.96 Å². The van der Waals surface area contributed by atoms with E-state index >= 15 is 0 Å². The fourth-order valence-corrected chi connectivity index (χ4v) is 4.74. The van der Waals surface area contributed by atoms with Crippen LogP contribution in [0.25, 0.3) is 0 Å². The molecule has 2 atom stereocenters. The highest BCUT2D eigenvalue weighted by Gasteiger charge is 2.30. The summed E-state index contributed by atoms with van der Waals surface area (Å²) in [7, 11) is 0. The lowest BCUT2D eigenvalue weighted by atomic mass is 9.98. The van der Waals surface area contributed by atoms with Gasteiger partial charge in [0.1, 0.15) is 5.60 Å². The Balaban J connectivity index is 1.84. The van der Waals surface area contributed by atoms with Crippen LogP contribution in [-0.4, -0.2) is 65.8 Å². The minimum Gasteiger partial charge on any atom is -0.444 e. The first-order valence-corrected chi connectivity index (χ1v) is 11.3. The van der Waals surface area contributed by atoms with Crippen molar-refractivity contribution >= 4 is 23.8 Å². The fourth-order valence-electron chi connectivity index (χ4n) is 3.51. The van der Waals surface area contributed by atoms with Crippen LogP contribution in [0, 0.1) is 5.92 Å². The smallest absolute Gasteiger partial charge is 0.410 e. The fraction of sp³-hybridized carbons (Fsp3) is 0.900. The number of nitrogens with zero attached hydrogens (tertiary/aromatic N) is 2. The third-order valence-electron chi connectivity index (χ3n) is 4.95. The number of thioether (sulfide) groups is 1. The quantitative estimate of drug-likeness (QED) is 0.548. The Morgan fingerprint density at radius 1 is 1.33 bits per heavy atom. The normalized spacial score (nSPS) is 26.8. The van der Waals surface area contributed by atoms with Gasteiger partial charge in [-0.25, -0.2) is 4.79 Å². The lowest BCUT2D eigenvalue weighted by molar-refractivity contribution is 0.0168. The summed E-state index contributed by atoms with van der Waals surface area (Å²) in [5.41, 5.74) is -0.443. The van der Waals surface area contributed by atoms with E-state index in [0.717, 1.165) is 51.5 Å². The highest BCUT2D eigenvalue weighted by molar-refractivity contribution is 8.00. The highest BCUT2D eigenvalue weighted by atomic mass is 32.2. The summed E-state index contributed by atoms with van der Waals surface area (Å²) in [5, 5.41) is 6.84. The zero-order valence-electron chi connectivity index (χ0n) is 17.8. The van der Waals surface area contributed by atoms with Crippen molar-refractivity contribution in [3.05, 3.63) is 0 Å². The van der Waals surface area contributed by atoms with Gasteiger partial charge in [0.05, 0.1) is 6.54 Å². The molecule has 2 fully saturated rings. The molecule has 6 nitrogen and oxygen atoms in total. The summed E-state index contributed by atoms with van der Waals surface area (Å²) in [6.45, 7) is 14.2. The number of carbonyl (C=O) groups is 1. The summed E-state index contributed by atoms with van der Waals surface area (Å²) >= 11 is 2.04. The Labute approximate surface area is 169 Å². The standard InChI is InChI=1S/C20H38N4O2S/c1-6-21-17(23-15-20(5)10-8-12-27-20)22-13-16-9-7-11-24(14-16)18(25)26-19(2,3)4/h16H,6-15H2,1-5H3,(H2,21,22,23). The third kappa shape index (κ3) is 7.80. The second kappa shape index (κ2) is 9.89. The van der Waals surface area contributed by atoms with Crippen molar-refractivity contribution in [2.24, 2.45) is 10.9 Å². The number of rotatable bonds is 5. The van der Waals surface area contributed by atoms with Gasteiger partial charge in [0, 0.05) is 30.9 Å². The Kier molecular flexibility index (Phi) is 8.13. The van der Waals surface area contributed by atoms with Crippen molar-refractivity contribution in [1.82, 2.24) is 15.5 Å². The largest absolute Gasteiger partial charge is 0.444 e. The van der Waals surface area contributed by atoms with Crippen molar-refractivity contribution < 1.29 is 9.53 Å². The average Bonchev–Trinajstić information content (AvgIpc) is 3.03. The molecule has 7 heteroatoms.